The lowest BCUT2D eigenvalue weighted by molar-refractivity contribution is 0.0597. The molecule has 0 unspecified atom stereocenters. The Kier molecular flexibility index (Phi) is 3.68. The van der Waals surface area contributed by atoms with Crippen molar-refractivity contribution in [3.05, 3.63) is 17.2 Å². The summed E-state index contributed by atoms with van der Waals surface area (Å²) in [6.45, 7) is 10.0. The molecule has 0 saturated carbocycles. The third-order valence-corrected chi connectivity index (χ3v) is 3.67. The zero-order valence-corrected chi connectivity index (χ0v) is 13.9. The highest BCUT2D eigenvalue weighted by Crippen LogP contribution is 2.50. The summed E-state index contributed by atoms with van der Waals surface area (Å²) in [4.78, 5) is 12.5. The van der Waals surface area contributed by atoms with Gasteiger partial charge in [0.15, 0.2) is 17.3 Å². The molecule has 4 heteroatoms. The number of hydrogen-bond donors (Lipinski definition) is 0. The van der Waals surface area contributed by atoms with E-state index in [1.54, 1.807) is 14.2 Å². The maximum absolute atomic E-state index is 12.5. The van der Waals surface area contributed by atoms with Crippen molar-refractivity contribution in [1.82, 2.24) is 0 Å². The lowest BCUT2D eigenvalue weighted by Gasteiger charge is -2.34. The Morgan fingerprint density at radius 3 is 2.19 bits per heavy atom. The Labute approximate surface area is 126 Å². The van der Waals surface area contributed by atoms with Gasteiger partial charge in [0.25, 0.3) is 0 Å². The van der Waals surface area contributed by atoms with Crippen molar-refractivity contribution in [3.63, 3.8) is 0 Å². The van der Waals surface area contributed by atoms with Crippen molar-refractivity contribution in [2.45, 2.75) is 52.1 Å². The van der Waals surface area contributed by atoms with Crippen LogP contribution in [0.2, 0.25) is 0 Å². The van der Waals surface area contributed by atoms with Crippen LogP contribution in [0.15, 0.2) is 6.07 Å². The van der Waals surface area contributed by atoms with Crippen molar-refractivity contribution >= 4 is 5.78 Å². The van der Waals surface area contributed by atoms with E-state index in [1.807, 2.05) is 19.9 Å². The second-order valence-corrected chi connectivity index (χ2v) is 7.08. The van der Waals surface area contributed by atoms with E-state index in [4.69, 9.17) is 14.2 Å². The molecule has 4 nitrogen and oxygen atoms in total. The van der Waals surface area contributed by atoms with E-state index in [-0.39, 0.29) is 11.2 Å². The molecule has 0 saturated heterocycles. The number of carbonyl (C=O) groups is 1. The maximum atomic E-state index is 12.5. The van der Waals surface area contributed by atoms with E-state index in [0.717, 1.165) is 5.56 Å². The highest BCUT2D eigenvalue weighted by Gasteiger charge is 2.38. The van der Waals surface area contributed by atoms with E-state index < -0.39 is 5.60 Å². The van der Waals surface area contributed by atoms with Gasteiger partial charge in [0.1, 0.15) is 5.60 Å². The van der Waals surface area contributed by atoms with Gasteiger partial charge < -0.3 is 14.2 Å². The van der Waals surface area contributed by atoms with Crippen LogP contribution in [-0.2, 0) is 5.41 Å². The van der Waals surface area contributed by atoms with Gasteiger partial charge in [-0.05, 0) is 25.3 Å². The number of Topliss-reactive ketones (excluding diaryl/α,β-unsaturated/α-hetero) is 1. The van der Waals surface area contributed by atoms with Gasteiger partial charge in [-0.15, -0.1) is 0 Å². The second kappa shape index (κ2) is 4.93. The normalized spacial score (nSPS) is 17.0. The van der Waals surface area contributed by atoms with E-state index in [9.17, 15) is 4.79 Å². The second-order valence-electron chi connectivity index (χ2n) is 7.08. The molecule has 0 spiro atoms. The lowest BCUT2D eigenvalue weighted by Crippen LogP contribution is -2.36. The molecule has 1 aliphatic heterocycles. The first-order valence-electron chi connectivity index (χ1n) is 7.12. The number of carbonyl (C=O) groups excluding carboxylic acids is 1. The quantitative estimate of drug-likeness (QED) is 0.833. The molecular formula is C17H24O4. The monoisotopic (exact) mass is 292 g/mol. The SMILES string of the molecule is COc1c(C(C)(C)C)cc2c(c1OC)OC(C)(C)CC2=O. The van der Waals surface area contributed by atoms with Crippen LogP contribution in [0.1, 0.15) is 57.0 Å². The average molecular weight is 292 g/mol. The van der Waals surface area contributed by atoms with Gasteiger partial charge in [-0.1, -0.05) is 20.8 Å². The Hall–Kier alpha value is -1.71. The molecule has 116 valence electrons. The van der Waals surface area contributed by atoms with E-state index in [0.29, 0.717) is 29.2 Å². The van der Waals surface area contributed by atoms with Gasteiger partial charge in [-0.25, -0.2) is 0 Å². The van der Waals surface area contributed by atoms with Gasteiger partial charge in [-0.3, -0.25) is 4.79 Å². The highest BCUT2D eigenvalue weighted by atomic mass is 16.5. The van der Waals surface area contributed by atoms with Crippen LogP contribution < -0.4 is 14.2 Å². The standard InChI is InChI=1S/C17H24O4/c1-16(2,3)11-8-10-12(18)9-17(4,5)21-13(10)15(20-7)14(11)19-6/h8H,9H2,1-7H3. The summed E-state index contributed by atoms with van der Waals surface area (Å²) >= 11 is 0. The third kappa shape index (κ3) is 2.71. The van der Waals surface area contributed by atoms with E-state index in [1.165, 1.54) is 0 Å². The van der Waals surface area contributed by atoms with Crippen LogP contribution in [-0.4, -0.2) is 25.6 Å². The molecule has 1 aromatic rings. The number of benzene rings is 1. The summed E-state index contributed by atoms with van der Waals surface area (Å²) in [5, 5.41) is 0. The van der Waals surface area contributed by atoms with Gasteiger partial charge in [0, 0.05) is 5.56 Å². The summed E-state index contributed by atoms with van der Waals surface area (Å²) in [5.74, 6) is 1.70. The molecule has 0 aliphatic carbocycles. The molecule has 1 aliphatic rings. The number of rotatable bonds is 2. The molecule has 21 heavy (non-hydrogen) atoms. The fourth-order valence-electron chi connectivity index (χ4n) is 2.67. The summed E-state index contributed by atoms with van der Waals surface area (Å²) < 4.78 is 17.1. The maximum Gasteiger partial charge on any atom is 0.204 e. The van der Waals surface area contributed by atoms with Crippen LogP contribution in [0.25, 0.3) is 0 Å². The fourth-order valence-corrected chi connectivity index (χ4v) is 2.67. The first-order chi connectivity index (χ1) is 9.60. The fraction of sp³-hybridized carbons (Fsp3) is 0.588. The molecular weight excluding hydrogens is 268 g/mol. The summed E-state index contributed by atoms with van der Waals surface area (Å²) in [6, 6.07) is 1.88. The van der Waals surface area contributed by atoms with Gasteiger partial charge in [0.2, 0.25) is 5.75 Å². The van der Waals surface area contributed by atoms with Gasteiger partial charge in [-0.2, -0.15) is 0 Å². The number of ketones is 1. The number of fused-ring (bicyclic) bond motifs is 1. The van der Waals surface area contributed by atoms with Crippen molar-refractivity contribution in [1.29, 1.82) is 0 Å². The van der Waals surface area contributed by atoms with Crippen molar-refractivity contribution in [3.8, 4) is 17.2 Å². The van der Waals surface area contributed by atoms with Crippen molar-refractivity contribution in [2.75, 3.05) is 14.2 Å². The molecule has 1 heterocycles. The molecule has 2 rings (SSSR count). The number of ether oxygens (including phenoxy) is 3. The Morgan fingerprint density at radius 1 is 1.14 bits per heavy atom. The average Bonchev–Trinajstić information content (AvgIpc) is 2.34. The molecule has 0 aromatic heterocycles. The van der Waals surface area contributed by atoms with Crippen LogP contribution in [0.4, 0.5) is 0 Å². The van der Waals surface area contributed by atoms with Crippen LogP contribution >= 0.6 is 0 Å². The minimum absolute atomic E-state index is 0.0766. The topological polar surface area (TPSA) is 44.8 Å². The molecule has 1 aromatic carbocycles. The largest absolute Gasteiger partial charge is 0.492 e. The predicted molar refractivity (Wildman–Crippen MR) is 81.9 cm³/mol. The zero-order chi connectivity index (χ0) is 16.0. The first-order valence-corrected chi connectivity index (χ1v) is 7.12. The van der Waals surface area contributed by atoms with Crippen molar-refractivity contribution < 1.29 is 19.0 Å². The Morgan fingerprint density at radius 2 is 1.71 bits per heavy atom. The number of hydrogen-bond acceptors (Lipinski definition) is 4. The predicted octanol–water partition coefficient (Wildman–Crippen LogP) is 3.75. The number of methoxy groups -OCH3 is 2. The third-order valence-electron chi connectivity index (χ3n) is 3.67. The highest BCUT2D eigenvalue weighted by molar-refractivity contribution is 6.02. The molecule has 0 fully saturated rings. The zero-order valence-electron chi connectivity index (χ0n) is 13.9. The minimum Gasteiger partial charge on any atom is -0.492 e. The molecule has 0 amide bonds. The van der Waals surface area contributed by atoms with Crippen molar-refractivity contribution in [2.24, 2.45) is 0 Å². The summed E-state index contributed by atoms with van der Waals surface area (Å²) in [6.07, 6.45) is 0.360. The summed E-state index contributed by atoms with van der Waals surface area (Å²) in [7, 11) is 3.18. The van der Waals surface area contributed by atoms with E-state index in [2.05, 4.69) is 20.8 Å². The smallest absolute Gasteiger partial charge is 0.204 e. The summed E-state index contributed by atoms with van der Waals surface area (Å²) in [5.41, 5.74) is 0.821. The van der Waals surface area contributed by atoms with Crippen LogP contribution in [0.5, 0.6) is 17.2 Å². The minimum atomic E-state index is -0.536. The first kappa shape index (κ1) is 15.7. The van der Waals surface area contributed by atoms with Gasteiger partial charge >= 0.3 is 0 Å². The Bertz CT molecular complexity index is 579. The molecule has 0 bridgehead atoms. The molecule has 0 atom stereocenters. The van der Waals surface area contributed by atoms with Crippen LogP contribution in [0, 0.1) is 0 Å². The van der Waals surface area contributed by atoms with E-state index >= 15 is 0 Å². The molecule has 0 N–H and O–H groups in total. The van der Waals surface area contributed by atoms with Gasteiger partial charge in [0.05, 0.1) is 26.2 Å². The molecule has 0 radical (unpaired) electrons. The Balaban J connectivity index is 2.78. The van der Waals surface area contributed by atoms with Crippen LogP contribution in [0.3, 0.4) is 0 Å². The lowest BCUT2D eigenvalue weighted by atomic mass is 9.82.